The average Bonchev–Trinajstić information content (AvgIpc) is 2.76. The summed E-state index contributed by atoms with van der Waals surface area (Å²) in [7, 11) is -1.96. The highest BCUT2D eigenvalue weighted by Crippen LogP contribution is 2.22. The fourth-order valence-electron chi connectivity index (χ4n) is 3.91. The number of hydrogen-bond donors (Lipinski definition) is 2. The first-order chi connectivity index (χ1) is 14.8. The molecule has 2 N–H and O–H groups in total. The van der Waals surface area contributed by atoms with Crippen molar-refractivity contribution in [2.75, 3.05) is 24.9 Å². The van der Waals surface area contributed by atoms with Crippen LogP contribution in [-0.4, -0.2) is 45.4 Å². The molecule has 1 saturated carbocycles. The van der Waals surface area contributed by atoms with Crippen LogP contribution in [0.25, 0.3) is 0 Å². The summed E-state index contributed by atoms with van der Waals surface area (Å²) < 4.78 is 41.5. The van der Waals surface area contributed by atoms with Crippen molar-refractivity contribution in [3.8, 4) is 0 Å². The molecule has 0 bridgehead atoms. The Morgan fingerprint density at radius 1 is 1.13 bits per heavy atom. The second-order valence-electron chi connectivity index (χ2n) is 8.09. The number of sulfonamides is 1. The van der Waals surface area contributed by atoms with Gasteiger partial charge in [-0.1, -0.05) is 37.5 Å². The van der Waals surface area contributed by atoms with Gasteiger partial charge < -0.3 is 10.2 Å². The van der Waals surface area contributed by atoms with Crippen molar-refractivity contribution in [3.63, 3.8) is 0 Å². The molecule has 1 aliphatic carbocycles. The number of nitrogens with one attached hydrogen (secondary N) is 2. The summed E-state index contributed by atoms with van der Waals surface area (Å²) in [5.41, 5.74) is 0.819. The molecule has 0 unspecified atom stereocenters. The minimum atomic E-state index is -4.04. The molecule has 0 spiro atoms. The van der Waals surface area contributed by atoms with Gasteiger partial charge in [0.15, 0.2) is 0 Å². The van der Waals surface area contributed by atoms with Crippen molar-refractivity contribution >= 4 is 21.6 Å². The molecule has 6 nitrogen and oxygen atoms in total. The summed E-state index contributed by atoms with van der Waals surface area (Å²) in [6.45, 7) is 2.97. The molecule has 2 aromatic rings. The maximum absolute atomic E-state index is 13.9. The maximum Gasteiger partial charge on any atom is 0.262 e. The van der Waals surface area contributed by atoms with Gasteiger partial charge in [0.2, 0.25) is 0 Å². The molecule has 0 aliphatic heterocycles. The predicted molar refractivity (Wildman–Crippen MR) is 120 cm³/mol. The van der Waals surface area contributed by atoms with E-state index >= 15 is 0 Å². The number of carbonyl (C=O) groups is 1. The largest absolute Gasteiger partial charge is 0.351 e. The Bertz CT molecular complexity index is 1020. The van der Waals surface area contributed by atoms with Crippen molar-refractivity contribution in [1.29, 1.82) is 0 Å². The Morgan fingerprint density at radius 3 is 2.55 bits per heavy atom. The van der Waals surface area contributed by atoms with E-state index in [0.717, 1.165) is 6.54 Å². The molecule has 3 rings (SSSR count). The zero-order valence-corrected chi connectivity index (χ0v) is 18.8. The second kappa shape index (κ2) is 10.2. The van der Waals surface area contributed by atoms with Gasteiger partial charge in [0.1, 0.15) is 5.82 Å². The van der Waals surface area contributed by atoms with E-state index in [-0.39, 0.29) is 22.1 Å². The monoisotopic (exact) mass is 447 g/mol. The summed E-state index contributed by atoms with van der Waals surface area (Å²) in [6.07, 6.45) is 6.19. The highest BCUT2D eigenvalue weighted by Gasteiger charge is 2.20. The smallest absolute Gasteiger partial charge is 0.262 e. The predicted octanol–water partition coefficient (Wildman–Crippen LogP) is 3.93. The molecule has 1 fully saturated rings. The maximum atomic E-state index is 13.9. The molecular formula is C23H30FN3O3S. The second-order valence-corrected chi connectivity index (χ2v) is 9.77. The van der Waals surface area contributed by atoms with Crippen LogP contribution in [0.2, 0.25) is 0 Å². The Balaban J connectivity index is 1.65. The first-order valence-electron chi connectivity index (χ1n) is 10.6. The number of anilines is 1. The van der Waals surface area contributed by atoms with Crippen LogP contribution in [0.4, 0.5) is 10.1 Å². The summed E-state index contributed by atoms with van der Waals surface area (Å²) in [6, 6.07) is 10.4. The Labute approximate surface area is 183 Å². The molecule has 0 aromatic heterocycles. The van der Waals surface area contributed by atoms with Gasteiger partial charge in [-0.05, 0) is 56.6 Å². The normalized spacial score (nSPS) is 15.1. The lowest BCUT2D eigenvalue weighted by Gasteiger charge is -2.31. The van der Waals surface area contributed by atoms with Gasteiger partial charge in [0, 0.05) is 24.7 Å². The lowest BCUT2D eigenvalue weighted by Crippen LogP contribution is -2.39. The van der Waals surface area contributed by atoms with Crippen molar-refractivity contribution in [1.82, 2.24) is 10.2 Å². The van der Waals surface area contributed by atoms with E-state index in [0.29, 0.717) is 18.2 Å². The highest BCUT2D eigenvalue weighted by atomic mass is 32.2. The SMILES string of the molecule is Cc1ccc(S(=O)(=O)Nc2ccccc2F)cc1C(=O)NCCN(C)C1CCCCC1. The fourth-order valence-corrected chi connectivity index (χ4v) is 5.00. The number of nitrogens with zero attached hydrogens (tertiary/aromatic N) is 1. The molecule has 168 valence electrons. The third kappa shape index (κ3) is 6.04. The minimum Gasteiger partial charge on any atom is -0.351 e. The molecule has 0 atom stereocenters. The highest BCUT2D eigenvalue weighted by molar-refractivity contribution is 7.92. The molecule has 0 heterocycles. The molecule has 0 saturated heterocycles. The molecule has 31 heavy (non-hydrogen) atoms. The van der Waals surface area contributed by atoms with Crippen LogP contribution < -0.4 is 10.0 Å². The first kappa shape index (κ1) is 23.2. The molecule has 2 aromatic carbocycles. The van der Waals surface area contributed by atoms with Gasteiger partial charge >= 0.3 is 0 Å². The number of hydrogen-bond acceptors (Lipinski definition) is 4. The molecule has 8 heteroatoms. The number of carbonyl (C=O) groups excluding carboxylic acids is 1. The van der Waals surface area contributed by atoms with E-state index < -0.39 is 15.8 Å². The van der Waals surface area contributed by atoms with E-state index in [1.165, 1.54) is 62.4 Å². The van der Waals surface area contributed by atoms with Crippen LogP contribution in [-0.2, 0) is 10.0 Å². The van der Waals surface area contributed by atoms with E-state index in [1.807, 2.05) is 0 Å². The lowest BCUT2D eigenvalue weighted by atomic mass is 9.94. The minimum absolute atomic E-state index is 0.0918. The zero-order valence-electron chi connectivity index (χ0n) is 18.0. The summed E-state index contributed by atoms with van der Waals surface area (Å²) in [4.78, 5) is 14.9. The Kier molecular flexibility index (Phi) is 7.67. The van der Waals surface area contributed by atoms with E-state index in [2.05, 4.69) is 22.0 Å². The van der Waals surface area contributed by atoms with Crippen LogP contribution in [0, 0.1) is 12.7 Å². The standard InChI is InChI=1S/C23H30FN3O3S/c1-17-12-13-19(31(29,30)26-22-11-7-6-10-21(22)24)16-20(17)23(28)25-14-15-27(2)18-8-4-3-5-9-18/h6-7,10-13,16,18,26H,3-5,8-9,14-15H2,1-2H3,(H,25,28). The van der Waals surface area contributed by atoms with E-state index in [4.69, 9.17) is 0 Å². The Morgan fingerprint density at radius 2 is 1.84 bits per heavy atom. The topological polar surface area (TPSA) is 78.5 Å². The molecule has 1 amide bonds. The van der Waals surface area contributed by atoms with Gasteiger partial charge in [0.25, 0.3) is 15.9 Å². The van der Waals surface area contributed by atoms with Gasteiger partial charge in [-0.3, -0.25) is 9.52 Å². The first-order valence-corrected chi connectivity index (χ1v) is 12.1. The summed E-state index contributed by atoms with van der Waals surface area (Å²) >= 11 is 0. The lowest BCUT2D eigenvalue weighted by molar-refractivity contribution is 0.0943. The van der Waals surface area contributed by atoms with Crippen molar-refractivity contribution in [3.05, 3.63) is 59.4 Å². The van der Waals surface area contributed by atoms with Crippen LogP contribution in [0.3, 0.4) is 0 Å². The number of amides is 1. The number of rotatable bonds is 8. The number of likely N-dealkylation sites (N-methyl/N-ethyl adjacent to an activating group) is 1. The number of aryl methyl sites for hydroxylation is 1. The van der Waals surface area contributed by atoms with Gasteiger partial charge in [0.05, 0.1) is 10.6 Å². The van der Waals surface area contributed by atoms with Crippen LogP contribution in [0.15, 0.2) is 47.4 Å². The van der Waals surface area contributed by atoms with Gasteiger partial charge in [-0.15, -0.1) is 0 Å². The van der Waals surface area contributed by atoms with E-state index in [9.17, 15) is 17.6 Å². The number of halogens is 1. The summed E-state index contributed by atoms with van der Waals surface area (Å²) in [5.74, 6) is -0.990. The quantitative estimate of drug-likeness (QED) is 0.643. The van der Waals surface area contributed by atoms with Crippen molar-refractivity contribution < 1.29 is 17.6 Å². The average molecular weight is 448 g/mol. The molecule has 0 radical (unpaired) electrons. The number of para-hydroxylation sites is 1. The fraction of sp³-hybridized carbons (Fsp3) is 0.435. The van der Waals surface area contributed by atoms with Gasteiger partial charge in [-0.2, -0.15) is 0 Å². The summed E-state index contributed by atoms with van der Waals surface area (Å²) in [5, 5.41) is 2.89. The van der Waals surface area contributed by atoms with Crippen LogP contribution in [0.5, 0.6) is 0 Å². The zero-order chi connectivity index (χ0) is 22.4. The number of benzene rings is 2. The van der Waals surface area contributed by atoms with Crippen molar-refractivity contribution in [2.45, 2.75) is 50.0 Å². The Hall–Kier alpha value is -2.45. The van der Waals surface area contributed by atoms with Crippen LogP contribution >= 0.6 is 0 Å². The third-order valence-corrected chi connectivity index (χ3v) is 7.19. The van der Waals surface area contributed by atoms with E-state index in [1.54, 1.807) is 19.1 Å². The third-order valence-electron chi connectivity index (χ3n) is 5.83. The van der Waals surface area contributed by atoms with Crippen molar-refractivity contribution in [2.24, 2.45) is 0 Å². The van der Waals surface area contributed by atoms with Crippen LogP contribution in [0.1, 0.15) is 48.0 Å². The molecule has 1 aliphatic rings. The van der Waals surface area contributed by atoms with Gasteiger partial charge in [-0.25, -0.2) is 12.8 Å². The molecular weight excluding hydrogens is 417 g/mol.